The molecule has 0 radical (unpaired) electrons. The van der Waals surface area contributed by atoms with E-state index < -0.39 is 0 Å². The van der Waals surface area contributed by atoms with E-state index in [1.165, 1.54) is 13.4 Å². The third-order valence-corrected chi connectivity index (χ3v) is 2.47. The predicted molar refractivity (Wildman–Crippen MR) is 63.0 cm³/mol. The van der Waals surface area contributed by atoms with Crippen LogP contribution in [0.5, 0.6) is 5.75 Å². The number of aliphatic hydroxyl groups is 1. The maximum absolute atomic E-state index is 8.78. The van der Waals surface area contributed by atoms with Gasteiger partial charge in [-0.05, 0) is 12.3 Å². The van der Waals surface area contributed by atoms with Crippen molar-refractivity contribution in [3.63, 3.8) is 0 Å². The average Bonchev–Trinajstić information content (AvgIpc) is 2.27. The van der Waals surface area contributed by atoms with Gasteiger partial charge in [0.2, 0.25) is 0 Å². The van der Waals surface area contributed by atoms with E-state index in [2.05, 4.69) is 15.3 Å². The molecular weight excluding hydrogens is 230 g/mol. The van der Waals surface area contributed by atoms with Crippen LogP contribution in [0.4, 0.5) is 5.82 Å². The molecule has 1 rings (SSSR count). The van der Waals surface area contributed by atoms with E-state index in [1.807, 2.05) is 6.92 Å². The highest BCUT2D eigenvalue weighted by Crippen LogP contribution is 2.28. The molecule has 6 heteroatoms. The number of hydrogen-bond donors (Lipinski definition) is 2. The van der Waals surface area contributed by atoms with Gasteiger partial charge in [0.05, 0.1) is 7.11 Å². The second-order valence-corrected chi connectivity index (χ2v) is 3.90. The zero-order valence-corrected chi connectivity index (χ0v) is 10.2. The topological polar surface area (TPSA) is 67.3 Å². The van der Waals surface area contributed by atoms with Gasteiger partial charge in [0.25, 0.3) is 0 Å². The summed E-state index contributed by atoms with van der Waals surface area (Å²) in [6.07, 6.45) is 2.12. The highest BCUT2D eigenvalue weighted by molar-refractivity contribution is 6.31. The molecule has 0 bridgehead atoms. The van der Waals surface area contributed by atoms with E-state index in [4.69, 9.17) is 21.4 Å². The van der Waals surface area contributed by atoms with Crippen LogP contribution in [-0.4, -0.2) is 35.3 Å². The average molecular weight is 246 g/mol. The summed E-state index contributed by atoms with van der Waals surface area (Å²) in [5.74, 6) is 1.37. The first-order valence-electron chi connectivity index (χ1n) is 5.08. The summed E-state index contributed by atoms with van der Waals surface area (Å²) in [6, 6.07) is 0. The number of hydrogen-bond acceptors (Lipinski definition) is 5. The Hall–Kier alpha value is -1.07. The minimum absolute atomic E-state index is 0.185. The van der Waals surface area contributed by atoms with E-state index in [-0.39, 0.29) is 11.8 Å². The van der Waals surface area contributed by atoms with E-state index >= 15 is 0 Å². The third-order valence-electron chi connectivity index (χ3n) is 2.20. The summed E-state index contributed by atoms with van der Waals surface area (Å²) in [5.41, 5.74) is 0. The Morgan fingerprint density at radius 3 is 2.94 bits per heavy atom. The number of rotatable bonds is 6. The number of methoxy groups -OCH3 is 1. The first-order chi connectivity index (χ1) is 7.69. The minimum Gasteiger partial charge on any atom is -0.490 e. The van der Waals surface area contributed by atoms with Crippen LogP contribution in [0.15, 0.2) is 6.33 Å². The van der Waals surface area contributed by atoms with Gasteiger partial charge in [-0.15, -0.1) is 0 Å². The molecule has 1 heterocycles. The van der Waals surface area contributed by atoms with Gasteiger partial charge in [-0.25, -0.2) is 9.97 Å². The van der Waals surface area contributed by atoms with Gasteiger partial charge in [0, 0.05) is 13.2 Å². The molecule has 16 heavy (non-hydrogen) atoms. The van der Waals surface area contributed by atoms with Crippen molar-refractivity contribution in [1.29, 1.82) is 0 Å². The highest BCUT2D eigenvalue weighted by Gasteiger charge is 2.10. The summed E-state index contributed by atoms with van der Waals surface area (Å²) in [4.78, 5) is 7.87. The largest absolute Gasteiger partial charge is 0.490 e. The normalized spacial score (nSPS) is 12.2. The first kappa shape index (κ1) is 13.0. The fourth-order valence-corrected chi connectivity index (χ4v) is 1.46. The quantitative estimate of drug-likeness (QED) is 0.745. The molecule has 90 valence electrons. The molecule has 0 amide bonds. The van der Waals surface area contributed by atoms with Gasteiger partial charge in [-0.3, -0.25) is 0 Å². The van der Waals surface area contributed by atoms with Crippen molar-refractivity contribution in [3.8, 4) is 5.75 Å². The minimum atomic E-state index is 0.185. The van der Waals surface area contributed by atoms with Gasteiger partial charge < -0.3 is 15.2 Å². The second kappa shape index (κ2) is 6.50. The van der Waals surface area contributed by atoms with Crippen LogP contribution in [0.2, 0.25) is 5.15 Å². The van der Waals surface area contributed by atoms with Gasteiger partial charge in [-0.2, -0.15) is 0 Å². The van der Waals surface area contributed by atoms with Crippen molar-refractivity contribution < 1.29 is 9.84 Å². The number of aromatic nitrogens is 2. The monoisotopic (exact) mass is 245 g/mol. The Kier molecular flexibility index (Phi) is 5.28. The lowest BCUT2D eigenvalue weighted by Gasteiger charge is -2.13. The lowest BCUT2D eigenvalue weighted by molar-refractivity contribution is 0.265. The summed E-state index contributed by atoms with van der Waals surface area (Å²) in [6.45, 7) is 2.92. The van der Waals surface area contributed by atoms with Crippen molar-refractivity contribution in [3.05, 3.63) is 11.5 Å². The Morgan fingerprint density at radius 1 is 1.56 bits per heavy atom. The molecule has 2 N–H and O–H groups in total. The molecule has 0 aliphatic rings. The number of halogens is 1. The van der Waals surface area contributed by atoms with E-state index in [0.717, 1.165) is 6.42 Å². The van der Waals surface area contributed by atoms with Crippen molar-refractivity contribution in [2.24, 2.45) is 5.92 Å². The molecule has 0 saturated carbocycles. The summed E-state index contributed by atoms with van der Waals surface area (Å²) in [5, 5.41) is 12.2. The fourth-order valence-electron chi connectivity index (χ4n) is 1.25. The van der Waals surface area contributed by atoms with Crippen LogP contribution in [0.25, 0.3) is 0 Å². The second-order valence-electron chi connectivity index (χ2n) is 3.54. The molecule has 0 saturated heterocycles. The molecule has 0 fully saturated rings. The van der Waals surface area contributed by atoms with Crippen LogP contribution in [0, 0.1) is 5.92 Å². The van der Waals surface area contributed by atoms with E-state index in [0.29, 0.717) is 24.0 Å². The zero-order chi connectivity index (χ0) is 12.0. The number of nitrogens with zero attached hydrogens (tertiary/aromatic N) is 2. The molecular formula is C10H16ClN3O2. The van der Waals surface area contributed by atoms with Crippen molar-refractivity contribution in [1.82, 2.24) is 9.97 Å². The first-order valence-corrected chi connectivity index (χ1v) is 5.46. The van der Waals surface area contributed by atoms with Crippen LogP contribution in [-0.2, 0) is 0 Å². The Bertz CT molecular complexity index is 336. The highest BCUT2D eigenvalue weighted by atomic mass is 35.5. The van der Waals surface area contributed by atoms with Crippen molar-refractivity contribution in [2.75, 3.05) is 25.6 Å². The maximum atomic E-state index is 8.78. The molecule has 0 aliphatic carbocycles. The maximum Gasteiger partial charge on any atom is 0.198 e. The molecule has 0 aromatic carbocycles. The summed E-state index contributed by atoms with van der Waals surface area (Å²) in [7, 11) is 1.52. The fraction of sp³-hybridized carbons (Fsp3) is 0.600. The molecule has 1 aromatic rings. The lowest BCUT2D eigenvalue weighted by atomic mass is 10.1. The van der Waals surface area contributed by atoms with Crippen LogP contribution >= 0.6 is 11.6 Å². The van der Waals surface area contributed by atoms with Crippen molar-refractivity contribution in [2.45, 2.75) is 13.3 Å². The Balaban J connectivity index is 2.63. The smallest absolute Gasteiger partial charge is 0.198 e. The Morgan fingerprint density at radius 2 is 2.31 bits per heavy atom. The molecule has 0 aliphatic heterocycles. The van der Waals surface area contributed by atoms with Gasteiger partial charge in [0.15, 0.2) is 16.7 Å². The van der Waals surface area contributed by atoms with Gasteiger partial charge >= 0.3 is 0 Å². The molecule has 0 spiro atoms. The number of anilines is 1. The third kappa shape index (κ3) is 3.50. The number of aliphatic hydroxyl groups excluding tert-OH is 1. The van der Waals surface area contributed by atoms with Gasteiger partial charge in [-0.1, -0.05) is 18.5 Å². The van der Waals surface area contributed by atoms with Crippen LogP contribution in [0.1, 0.15) is 13.3 Å². The van der Waals surface area contributed by atoms with Crippen LogP contribution < -0.4 is 10.1 Å². The predicted octanol–water partition coefficient (Wildman–Crippen LogP) is 1.57. The lowest BCUT2D eigenvalue weighted by Crippen LogP contribution is -2.14. The van der Waals surface area contributed by atoms with E-state index in [9.17, 15) is 0 Å². The van der Waals surface area contributed by atoms with Crippen LogP contribution in [0.3, 0.4) is 0 Å². The van der Waals surface area contributed by atoms with Gasteiger partial charge in [0.1, 0.15) is 6.33 Å². The molecule has 1 atom stereocenters. The molecule has 1 aromatic heterocycles. The number of nitrogens with one attached hydrogen (secondary N) is 1. The SMILES string of the molecule is COc1c(Cl)ncnc1NCC(C)CCO. The molecule has 5 nitrogen and oxygen atoms in total. The van der Waals surface area contributed by atoms with Crippen molar-refractivity contribution >= 4 is 17.4 Å². The summed E-state index contributed by atoms with van der Waals surface area (Å²) < 4.78 is 5.10. The standard InChI is InChI=1S/C10H16ClN3O2/c1-7(3-4-15)5-12-10-8(16-2)9(11)13-6-14-10/h6-7,15H,3-5H2,1-2H3,(H,12,13,14). The summed E-state index contributed by atoms with van der Waals surface area (Å²) >= 11 is 5.85. The molecule has 1 unspecified atom stereocenters. The van der Waals surface area contributed by atoms with E-state index in [1.54, 1.807) is 0 Å². The number of ether oxygens (including phenoxy) is 1. The zero-order valence-electron chi connectivity index (χ0n) is 9.40. The Labute approximate surface area is 99.8 Å².